The third-order valence-corrected chi connectivity index (χ3v) is 6.07. The molecule has 2 amide bonds. The van der Waals surface area contributed by atoms with Crippen LogP contribution in [0.4, 0.5) is 4.79 Å². The molecule has 3 aliphatic rings. The van der Waals surface area contributed by atoms with E-state index in [-0.39, 0.29) is 12.1 Å². The Bertz CT molecular complexity index is 804. The van der Waals surface area contributed by atoms with Gasteiger partial charge in [0.2, 0.25) is 0 Å². The Morgan fingerprint density at radius 1 is 1.07 bits per heavy atom. The number of hydrogen-bond donors (Lipinski definition) is 2. The van der Waals surface area contributed by atoms with Crippen LogP contribution in [-0.2, 0) is 4.74 Å². The second kappa shape index (κ2) is 10.4. The molecule has 4 rings (SSSR count). The average Bonchev–Trinajstić information content (AvgIpc) is 3.18. The largest absolute Gasteiger partial charge is 0.378 e. The molecule has 1 aromatic rings. The number of allylic oxidation sites excluding steroid dienone is 2. The Morgan fingerprint density at radius 3 is 2.60 bits per heavy atom. The van der Waals surface area contributed by atoms with Crippen molar-refractivity contribution in [3.63, 3.8) is 0 Å². The fourth-order valence-corrected chi connectivity index (χ4v) is 4.56. The summed E-state index contributed by atoms with van der Waals surface area (Å²) in [6, 6.07) is 10.5. The zero-order valence-electron chi connectivity index (χ0n) is 17.6. The molecule has 1 aromatic carbocycles. The lowest BCUT2D eigenvalue weighted by molar-refractivity contribution is 0.0548. The minimum Gasteiger partial charge on any atom is -0.378 e. The van der Waals surface area contributed by atoms with Crippen molar-refractivity contribution in [3.05, 3.63) is 52.7 Å². The highest BCUT2D eigenvalue weighted by atomic mass is 16.5. The van der Waals surface area contributed by atoms with Crippen molar-refractivity contribution in [2.24, 2.45) is 5.10 Å². The van der Waals surface area contributed by atoms with E-state index in [0.29, 0.717) is 0 Å². The monoisotopic (exact) mass is 408 g/mol. The lowest BCUT2D eigenvalue weighted by atomic mass is 9.96. The number of carbonyl (C=O) groups is 1. The number of rotatable bonds is 5. The molecule has 0 bridgehead atoms. The van der Waals surface area contributed by atoms with E-state index >= 15 is 0 Å². The number of benzene rings is 1. The van der Waals surface area contributed by atoms with Gasteiger partial charge in [-0.1, -0.05) is 49.6 Å². The molecule has 0 atom stereocenters. The number of hydrogen-bond acceptors (Lipinski definition) is 4. The van der Waals surface area contributed by atoms with Crippen LogP contribution in [0.5, 0.6) is 0 Å². The van der Waals surface area contributed by atoms with Crippen molar-refractivity contribution in [2.45, 2.75) is 51.0 Å². The van der Waals surface area contributed by atoms with Gasteiger partial charge in [0.1, 0.15) is 0 Å². The van der Waals surface area contributed by atoms with E-state index in [9.17, 15) is 4.79 Å². The minimum absolute atomic E-state index is 0.204. The van der Waals surface area contributed by atoms with Crippen LogP contribution < -0.4 is 10.7 Å². The van der Waals surface area contributed by atoms with Crippen molar-refractivity contribution in [3.8, 4) is 0 Å². The lowest BCUT2D eigenvalue weighted by Gasteiger charge is -2.31. The summed E-state index contributed by atoms with van der Waals surface area (Å²) in [6.07, 6.45) is 11.8. The third kappa shape index (κ3) is 5.51. The van der Waals surface area contributed by atoms with Crippen LogP contribution in [0.25, 0.3) is 6.08 Å². The number of morpholine rings is 1. The highest BCUT2D eigenvalue weighted by molar-refractivity contribution is 5.85. The van der Waals surface area contributed by atoms with Crippen molar-refractivity contribution < 1.29 is 9.53 Å². The predicted molar refractivity (Wildman–Crippen MR) is 120 cm³/mol. The van der Waals surface area contributed by atoms with Gasteiger partial charge in [-0.05, 0) is 48.5 Å². The molecule has 0 unspecified atom stereocenters. The minimum atomic E-state index is -0.204. The Morgan fingerprint density at radius 2 is 1.83 bits per heavy atom. The van der Waals surface area contributed by atoms with Gasteiger partial charge in [0.25, 0.3) is 0 Å². The molecule has 1 saturated heterocycles. The van der Waals surface area contributed by atoms with Crippen LogP contribution >= 0.6 is 0 Å². The Hall–Kier alpha value is -2.60. The van der Waals surface area contributed by atoms with Crippen LogP contribution in [0.3, 0.4) is 0 Å². The van der Waals surface area contributed by atoms with Crippen LogP contribution in [-0.4, -0.2) is 49.5 Å². The van der Waals surface area contributed by atoms with Crippen LogP contribution in [0.15, 0.2) is 52.3 Å². The number of nitrogens with zero attached hydrogens (tertiary/aromatic N) is 2. The van der Waals surface area contributed by atoms with E-state index in [1.54, 1.807) is 0 Å². The highest BCUT2D eigenvalue weighted by Crippen LogP contribution is 2.34. The number of carbonyl (C=O) groups excluding carboxylic acids is 1. The van der Waals surface area contributed by atoms with Gasteiger partial charge >= 0.3 is 6.03 Å². The van der Waals surface area contributed by atoms with E-state index < -0.39 is 0 Å². The third-order valence-electron chi connectivity index (χ3n) is 6.07. The number of hydrazone groups is 1. The first-order chi connectivity index (χ1) is 14.8. The quantitative estimate of drug-likeness (QED) is 0.570. The summed E-state index contributed by atoms with van der Waals surface area (Å²) in [5.41, 5.74) is 7.64. The van der Waals surface area contributed by atoms with Gasteiger partial charge in [-0.3, -0.25) is 0 Å². The van der Waals surface area contributed by atoms with Crippen LogP contribution in [0.2, 0.25) is 0 Å². The summed E-state index contributed by atoms with van der Waals surface area (Å²) >= 11 is 0. The Labute approximate surface area is 179 Å². The molecule has 2 aliphatic carbocycles. The van der Waals surface area contributed by atoms with Crippen LogP contribution in [0, 0.1) is 0 Å². The average molecular weight is 409 g/mol. The van der Waals surface area contributed by atoms with E-state index in [0.717, 1.165) is 52.0 Å². The van der Waals surface area contributed by atoms with Gasteiger partial charge in [0.15, 0.2) is 0 Å². The molecule has 1 aliphatic heterocycles. The summed E-state index contributed by atoms with van der Waals surface area (Å²) in [6.45, 7) is 3.26. The molecule has 6 heteroatoms. The van der Waals surface area contributed by atoms with E-state index in [4.69, 9.17) is 4.74 Å². The van der Waals surface area contributed by atoms with Gasteiger partial charge in [-0.2, -0.15) is 5.10 Å². The summed E-state index contributed by atoms with van der Waals surface area (Å²) in [7, 11) is 0. The van der Waals surface area contributed by atoms with E-state index in [1.165, 1.54) is 41.7 Å². The lowest BCUT2D eigenvalue weighted by Crippen LogP contribution is -2.41. The maximum atomic E-state index is 12.2. The SMILES string of the molecule is O=C(N/N=C\C1=C(N2CCOCC2)C(=C\c2ccccc2)/CC1)NC1CCCCC1. The van der Waals surface area contributed by atoms with Crippen molar-refractivity contribution in [1.82, 2.24) is 15.6 Å². The summed E-state index contributed by atoms with van der Waals surface area (Å²) in [4.78, 5) is 14.6. The molecule has 0 radical (unpaired) electrons. The molecule has 2 fully saturated rings. The first-order valence-corrected chi connectivity index (χ1v) is 11.2. The second-order valence-corrected chi connectivity index (χ2v) is 8.23. The Kier molecular flexibility index (Phi) is 7.19. The van der Waals surface area contributed by atoms with E-state index in [2.05, 4.69) is 51.1 Å². The number of nitrogens with one attached hydrogen (secondary N) is 2. The van der Waals surface area contributed by atoms with Crippen LogP contribution in [0.1, 0.15) is 50.5 Å². The van der Waals surface area contributed by atoms with Crippen molar-refractivity contribution in [2.75, 3.05) is 26.3 Å². The molecular formula is C24H32N4O2. The first-order valence-electron chi connectivity index (χ1n) is 11.2. The fourth-order valence-electron chi connectivity index (χ4n) is 4.56. The van der Waals surface area contributed by atoms with Gasteiger partial charge in [-0.15, -0.1) is 0 Å². The van der Waals surface area contributed by atoms with Gasteiger partial charge < -0.3 is 15.0 Å². The highest BCUT2D eigenvalue weighted by Gasteiger charge is 2.25. The summed E-state index contributed by atoms with van der Waals surface area (Å²) in [5, 5.41) is 7.32. The fraction of sp³-hybridized carbons (Fsp3) is 0.500. The molecule has 0 aromatic heterocycles. The van der Waals surface area contributed by atoms with Gasteiger partial charge in [0, 0.05) is 24.8 Å². The maximum absolute atomic E-state index is 12.2. The predicted octanol–water partition coefficient (Wildman–Crippen LogP) is 4.07. The topological polar surface area (TPSA) is 66.0 Å². The zero-order chi connectivity index (χ0) is 20.6. The van der Waals surface area contributed by atoms with Gasteiger partial charge in [-0.25, -0.2) is 10.2 Å². The van der Waals surface area contributed by atoms with Crippen molar-refractivity contribution in [1.29, 1.82) is 0 Å². The molecule has 160 valence electrons. The molecule has 1 heterocycles. The molecular weight excluding hydrogens is 376 g/mol. The first kappa shape index (κ1) is 20.7. The smallest absolute Gasteiger partial charge is 0.335 e. The molecule has 6 nitrogen and oxygen atoms in total. The summed E-state index contributed by atoms with van der Waals surface area (Å²) in [5.74, 6) is 0. The maximum Gasteiger partial charge on any atom is 0.335 e. The number of urea groups is 1. The molecule has 1 saturated carbocycles. The van der Waals surface area contributed by atoms with Gasteiger partial charge in [0.05, 0.1) is 19.4 Å². The van der Waals surface area contributed by atoms with E-state index in [1.807, 2.05) is 12.3 Å². The zero-order valence-corrected chi connectivity index (χ0v) is 17.6. The van der Waals surface area contributed by atoms with Crippen molar-refractivity contribution >= 4 is 18.3 Å². The molecule has 2 N–H and O–H groups in total. The molecule has 0 spiro atoms. The summed E-state index contributed by atoms with van der Waals surface area (Å²) < 4.78 is 5.55. The second-order valence-electron chi connectivity index (χ2n) is 8.23. The molecule has 30 heavy (non-hydrogen) atoms. The normalized spacial score (nSPS) is 22.1. The number of amides is 2. The standard InChI is InChI=1S/C24H32N4O2/c29-24(26-22-9-5-2-6-10-22)27-25-18-21-12-11-20(17-19-7-3-1-4-8-19)23(21)28-13-15-30-16-14-28/h1,3-4,7-8,17-18,22H,2,5-6,9-16H2,(H2,26,27,29)/b20-17-,25-18-. The Balaban J connectivity index is 1.46. The number of ether oxygens (including phenoxy) is 1.